The second kappa shape index (κ2) is 10.4. The summed E-state index contributed by atoms with van der Waals surface area (Å²) in [7, 11) is 3.92. The Morgan fingerprint density at radius 1 is 1.29 bits per heavy atom. The van der Waals surface area contributed by atoms with Crippen LogP contribution in [0.2, 0.25) is 0 Å². The molecule has 9 heteroatoms. The van der Waals surface area contributed by atoms with E-state index in [1.165, 1.54) is 16.7 Å². The molecule has 0 aliphatic carbocycles. The Kier molecular flexibility index (Phi) is 8.28. The summed E-state index contributed by atoms with van der Waals surface area (Å²) in [5.74, 6) is -2.20. The first-order valence-corrected chi connectivity index (χ1v) is 10.2. The van der Waals surface area contributed by atoms with E-state index in [4.69, 9.17) is 0 Å². The lowest BCUT2D eigenvalue weighted by Gasteiger charge is -2.26. The number of thioether (sulfide) groups is 1. The summed E-state index contributed by atoms with van der Waals surface area (Å²) in [6, 6.07) is 5.49. The van der Waals surface area contributed by atoms with Crippen molar-refractivity contribution < 1.29 is 24.6 Å². The summed E-state index contributed by atoms with van der Waals surface area (Å²) in [4.78, 5) is 40.0. The van der Waals surface area contributed by atoms with Gasteiger partial charge in [-0.25, -0.2) is 0 Å². The number of amides is 1. The van der Waals surface area contributed by atoms with E-state index in [2.05, 4.69) is 5.32 Å². The van der Waals surface area contributed by atoms with E-state index >= 15 is 0 Å². The van der Waals surface area contributed by atoms with Gasteiger partial charge in [0.05, 0.1) is 11.7 Å². The average Bonchev–Trinajstić information content (AvgIpc) is 2.75. The molecule has 1 aromatic carbocycles. The van der Waals surface area contributed by atoms with Gasteiger partial charge in [0.2, 0.25) is 5.91 Å². The van der Waals surface area contributed by atoms with E-state index < -0.39 is 36.5 Å². The molecular weight excluding hydrogens is 382 g/mol. The predicted octanol–water partition coefficient (Wildman–Crippen LogP) is 1.35. The van der Waals surface area contributed by atoms with Crippen LogP contribution in [-0.4, -0.2) is 78.0 Å². The number of carbonyl (C=O) groups excluding carboxylic acids is 1. The van der Waals surface area contributed by atoms with Gasteiger partial charge in [-0.15, -0.1) is 11.8 Å². The van der Waals surface area contributed by atoms with Crippen molar-refractivity contribution in [3.63, 3.8) is 0 Å². The molecule has 0 radical (unpaired) electrons. The fraction of sp³-hybridized carbons (Fsp3) is 0.526. The van der Waals surface area contributed by atoms with Crippen molar-refractivity contribution in [1.82, 2.24) is 10.2 Å². The van der Waals surface area contributed by atoms with Crippen LogP contribution in [0.25, 0.3) is 0 Å². The molecule has 0 saturated heterocycles. The Bertz CT molecular complexity index is 713. The number of benzene rings is 1. The summed E-state index contributed by atoms with van der Waals surface area (Å²) < 4.78 is 0. The van der Waals surface area contributed by atoms with E-state index in [9.17, 15) is 24.6 Å². The van der Waals surface area contributed by atoms with Crippen LogP contribution in [0.1, 0.15) is 19.3 Å². The molecule has 2 rings (SSSR count). The number of unbranched alkanes of at least 4 members (excludes halogenated alkanes) is 1. The number of aliphatic carboxylic acids is 2. The minimum Gasteiger partial charge on any atom is -0.480 e. The third-order valence-electron chi connectivity index (χ3n) is 4.47. The molecule has 2 atom stereocenters. The molecule has 154 valence electrons. The minimum absolute atomic E-state index is 0.341. The van der Waals surface area contributed by atoms with Gasteiger partial charge in [-0.3, -0.25) is 24.6 Å². The molecule has 0 unspecified atom stereocenters. The van der Waals surface area contributed by atoms with Crippen molar-refractivity contribution in [3.8, 4) is 0 Å². The van der Waals surface area contributed by atoms with Crippen LogP contribution in [0.3, 0.4) is 0 Å². The fourth-order valence-electron chi connectivity index (χ4n) is 3.07. The fourth-order valence-corrected chi connectivity index (χ4v) is 4.15. The molecule has 1 aromatic rings. The van der Waals surface area contributed by atoms with E-state index in [0.717, 1.165) is 24.3 Å². The maximum atomic E-state index is 13.0. The van der Waals surface area contributed by atoms with Gasteiger partial charge in [0.25, 0.3) is 0 Å². The number of carbonyl (C=O) groups is 3. The van der Waals surface area contributed by atoms with Gasteiger partial charge < -0.3 is 15.1 Å². The van der Waals surface area contributed by atoms with Gasteiger partial charge >= 0.3 is 11.9 Å². The van der Waals surface area contributed by atoms with Crippen molar-refractivity contribution in [2.45, 2.75) is 36.2 Å². The summed E-state index contributed by atoms with van der Waals surface area (Å²) in [5.41, 5.74) is 0.544. The van der Waals surface area contributed by atoms with Crippen LogP contribution in [0.15, 0.2) is 29.2 Å². The van der Waals surface area contributed by atoms with Crippen molar-refractivity contribution in [1.29, 1.82) is 0 Å². The second-order valence-corrected chi connectivity index (χ2v) is 8.07. The van der Waals surface area contributed by atoms with Gasteiger partial charge in [0, 0.05) is 10.6 Å². The number of para-hydroxylation sites is 1. The lowest BCUT2D eigenvalue weighted by molar-refractivity contribution is -0.140. The minimum atomic E-state index is -1.12. The molecule has 0 bridgehead atoms. The summed E-state index contributed by atoms with van der Waals surface area (Å²) in [6.07, 6.45) is 1.99. The Morgan fingerprint density at radius 2 is 2.00 bits per heavy atom. The molecule has 0 spiro atoms. The molecular formula is C19H27N3O5S. The quantitative estimate of drug-likeness (QED) is 0.497. The van der Waals surface area contributed by atoms with E-state index in [-0.39, 0.29) is 0 Å². The van der Waals surface area contributed by atoms with Crippen LogP contribution >= 0.6 is 11.8 Å². The number of carboxylic acid groups (broad SMARTS) is 2. The summed E-state index contributed by atoms with van der Waals surface area (Å²) >= 11 is 1.42. The molecule has 0 saturated carbocycles. The Balaban J connectivity index is 2.12. The lowest BCUT2D eigenvalue weighted by atomic mass is 10.1. The highest BCUT2D eigenvalue weighted by Gasteiger charge is 2.34. The number of hydrogen-bond acceptors (Lipinski definition) is 6. The molecule has 0 aromatic heterocycles. The van der Waals surface area contributed by atoms with Gasteiger partial charge in [-0.1, -0.05) is 18.6 Å². The van der Waals surface area contributed by atoms with Gasteiger partial charge in [0.1, 0.15) is 12.6 Å². The largest absolute Gasteiger partial charge is 0.480 e. The molecule has 1 aliphatic rings. The van der Waals surface area contributed by atoms with Crippen molar-refractivity contribution in [2.75, 3.05) is 37.8 Å². The first kappa shape index (κ1) is 22.2. The highest BCUT2D eigenvalue weighted by Crippen LogP contribution is 2.34. The number of rotatable bonds is 10. The van der Waals surface area contributed by atoms with Crippen LogP contribution in [-0.2, 0) is 14.4 Å². The molecule has 1 heterocycles. The highest BCUT2D eigenvalue weighted by molar-refractivity contribution is 7.99. The number of carboxylic acids is 2. The highest BCUT2D eigenvalue weighted by atomic mass is 32.2. The molecule has 3 N–H and O–H groups in total. The molecule has 1 aliphatic heterocycles. The Morgan fingerprint density at radius 3 is 2.64 bits per heavy atom. The lowest BCUT2D eigenvalue weighted by Crippen LogP contribution is -2.53. The van der Waals surface area contributed by atoms with Crippen molar-refractivity contribution >= 4 is 35.3 Å². The Labute approximate surface area is 168 Å². The third-order valence-corrected chi connectivity index (χ3v) is 5.62. The van der Waals surface area contributed by atoms with Crippen molar-refractivity contribution in [2.24, 2.45) is 0 Å². The molecule has 0 fully saturated rings. The second-order valence-electron chi connectivity index (χ2n) is 7.01. The predicted molar refractivity (Wildman–Crippen MR) is 108 cm³/mol. The molecule has 28 heavy (non-hydrogen) atoms. The molecule has 1 amide bonds. The van der Waals surface area contributed by atoms with Crippen LogP contribution in [0, 0.1) is 0 Å². The first-order chi connectivity index (χ1) is 13.3. The zero-order chi connectivity index (χ0) is 20.7. The number of nitrogens with zero attached hydrogens (tertiary/aromatic N) is 2. The Hall–Kier alpha value is -2.10. The molecule has 8 nitrogen and oxygen atoms in total. The topological polar surface area (TPSA) is 110 Å². The van der Waals surface area contributed by atoms with Crippen molar-refractivity contribution in [3.05, 3.63) is 24.3 Å². The zero-order valence-electron chi connectivity index (χ0n) is 16.1. The summed E-state index contributed by atoms with van der Waals surface area (Å²) in [6.45, 7) is 0.404. The van der Waals surface area contributed by atoms with Gasteiger partial charge in [0.15, 0.2) is 0 Å². The number of anilines is 1. The van der Waals surface area contributed by atoms with Gasteiger partial charge in [-0.05, 0) is 45.6 Å². The van der Waals surface area contributed by atoms with Crippen LogP contribution < -0.4 is 10.2 Å². The standard InChI is InChI=1S/C19H27N3O5S/c1-21(2)10-6-5-7-13(19(26)27)20-14-12-28-16-9-4-3-8-15(16)22(18(14)25)11-17(23)24/h3-4,8-9,13-14,20H,5-7,10-12H2,1-2H3,(H,23,24)(H,26,27)/t13-,14-/m0/s1. The zero-order valence-corrected chi connectivity index (χ0v) is 16.9. The van der Waals surface area contributed by atoms with Crippen LogP contribution in [0.4, 0.5) is 5.69 Å². The number of hydrogen-bond donors (Lipinski definition) is 3. The number of fused-ring (bicyclic) bond motifs is 1. The smallest absolute Gasteiger partial charge is 0.323 e. The third kappa shape index (κ3) is 6.22. The van der Waals surface area contributed by atoms with E-state index in [1.54, 1.807) is 12.1 Å². The first-order valence-electron chi connectivity index (χ1n) is 9.18. The normalized spacial score (nSPS) is 17.9. The van der Waals surface area contributed by atoms with Crippen LogP contribution in [0.5, 0.6) is 0 Å². The SMILES string of the molecule is CN(C)CCCC[C@H](N[C@H]1CSc2ccccc2N(CC(=O)O)C1=O)C(=O)O. The monoisotopic (exact) mass is 409 g/mol. The average molecular weight is 410 g/mol. The maximum absolute atomic E-state index is 13.0. The maximum Gasteiger partial charge on any atom is 0.323 e. The van der Waals surface area contributed by atoms with E-state index in [0.29, 0.717) is 17.9 Å². The number of nitrogens with one attached hydrogen (secondary N) is 1. The summed E-state index contributed by atoms with van der Waals surface area (Å²) in [5, 5.41) is 21.7. The van der Waals surface area contributed by atoms with Gasteiger partial charge in [-0.2, -0.15) is 0 Å². The van der Waals surface area contributed by atoms with E-state index in [1.807, 2.05) is 31.1 Å².